The van der Waals surface area contributed by atoms with Gasteiger partial charge in [-0.2, -0.15) is 0 Å². The highest BCUT2D eigenvalue weighted by Crippen LogP contribution is 2.18. The van der Waals surface area contributed by atoms with Gasteiger partial charge < -0.3 is 10.1 Å². The summed E-state index contributed by atoms with van der Waals surface area (Å²) < 4.78 is 5.81. The molecule has 1 atom stereocenters. The van der Waals surface area contributed by atoms with E-state index in [1.807, 2.05) is 32.0 Å². The average molecular weight is 300 g/mol. The quantitative estimate of drug-likeness (QED) is 0.908. The first-order chi connectivity index (χ1) is 8.04. The highest BCUT2D eigenvalue weighted by molar-refractivity contribution is 9.10. The largest absolute Gasteiger partial charge is 0.385 e. The van der Waals surface area contributed by atoms with Crippen molar-refractivity contribution in [2.75, 3.05) is 13.7 Å². The highest BCUT2D eigenvalue weighted by atomic mass is 79.9. The van der Waals surface area contributed by atoms with Crippen LogP contribution in [0.2, 0.25) is 0 Å². The second-order valence-electron chi connectivity index (χ2n) is 4.14. The first-order valence-corrected chi connectivity index (χ1v) is 6.40. The van der Waals surface area contributed by atoms with Crippen LogP contribution in [-0.4, -0.2) is 25.7 Å². The fourth-order valence-electron chi connectivity index (χ4n) is 1.47. The summed E-state index contributed by atoms with van der Waals surface area (Å²) in [5, 5.41) is 2.94. The summed E-state index contributed by atoms with van der Waals surface area (Å²) in [6, 6.07) is 5.81. The summed E-state index contributed by atoms with van der Waals surface area (Å²) in [4.78, 5) is 12.0. The van der Waals surface area contributed by atoms with E-state index in [1.165, 1.54) is 0 Å². The van der Waals surface area contributed by atoms with Gasteiger partial charge >= 0.3 is 0 Å². The van der Waals surface area contributed by atoms with Gasteiger partial charge in [0.1, 0.15) is 0 Å². The molecule has 4 heteroatoms. The first-order valence-electron chi connectivity index (χ1n) is 5.60. The normalized spacial score (nSPS) is 12.2. The maximum Gasteiger partial charge on any atom is 0.252 e. The number of carbonyl (C=O) groups is 1. The zero-order valence-corrected chi connectivity index (χ0v) is 12.0. The number of hydrogen-bond acceptors (Lipinski definition) is 2. The zero-order valence-electron chi connectivity index (χ0n) is 10.4. The van der Waals surface area contributed by atoms with Crippen molar-refractivity contribution in [2.24, 2.45) is 0 Å². The number of rotatable bonds is 5. The van der Waals surface area contributed by atoms with Gasteiger partial charge in [0.15, 0.2) is 0 Å². The molecule has 1 rings (SSSR count). The fourth-order valence-corrected chi connectivity index (χ4v) is 2.15. The molecule has 0 aliphatic rings. The van der Waals surface area contributed by atoms with Crippen molar-refractivity contribution >= 4 is 21.8 Å². The molecule has 1 aromatic carbocycles. The van der Waals surface area contributed by atoms with Crippen LogP contribution in [0.1, 0.15) is 29.3 Å². The van der Waals surface area contributed by atoms with Crippen LogP contribution < -0.4 is 5.32 Å². The summed E-state index contributed by atoms with van der Waals surface area (Å²) in [6.45, 7) is 4.61. The minimum absolute atomic E-state index is 0.0551. The standard InChI is InChI=1S/C13H18BrNO2/c1-9-4-5-11(12(14)8-9)13(16)15-10(2)6-7-17-3/h4-5,8,10H,6-7H2,1-3H3,(H,15,16). The molecule has 94 valence electrons. The molecule has 0 radical (unpaired) electrons. The number of halogens is 1. The number of ether oxygens (including phenoxy) is 1. The molecule has 1 unspecified atom stereocenters. The topological polar surface area (TPSA) is 38.3 Å². The summed E-state index contributed by atoms with van der Waals surface area (Å²) in [7, 11) is 1.66. The van der Waals surface area contributed by atoms with E-state index in [1.54, 1.807) is 7.11 Å². The number of carbonyl (C=O) groups excluding carboxylic acids is 1. The van der Waals surface area contributed by atoms with Gasteiger partial charge in [-0.25, -0.2) is 0 Å². The number of benzene rings is 1. The molecule has 3 nitrogen and oxygen atoms in total. The van der Waals surface area contributed by atoms with E-state index in [0.29, 0.717) is 12.2 Å². The third-order valence-electron chi connectivity index (χ3n) is 2.50. The maximum absolute atomic E-state index is 12.0. The molecular weight excluding hydrogens is 282 g/mol. The number of amides is 1. The number of aryl methyl sites for hydroxylation is 1. The Morgan fingerprint density at radius 1 is 1.53 bits per heavy atom. The van der Waals surface area contributed by atoms with Crippen LogP contribution in [0.15, 0.2) is 22.7 Å². The molecule has 0 aromatic heterocycles. The number of hydrogen-bond donors (Lipinski definition) is 1. The van der Waals surface area contributed by atoms with Crippen molar-refractivity contribution in [1.29, 1.82) is 0 Å². The molecule has 0 saturated carbocycles. The summed E-state index contributed by atoms with van der Waals surface area (Å²) >= 11 is 3.40. The first kappa shape index (κ1) is 14.2. The van der Waals surface area contributed by atoms with Crippen LogP contribution in [0.3, 0.4) is 0 Å². The van der Waals surface area contributed by atoms with Gasteiger partial charge in [-0.3, -0.25) is 4.79 Å². The van der Waals surface area contributed by atoms with Gasteiger partial charge in [-0.15, -0.1) is 0 Å². The van der Waals surface area contributed by atoms with E-state index in [4.69, 9.17) is 4.74 Å². The lowest BCUT2D eigenvalue weighted by Crippen LogP contribution is -2.33. The van der Waals surface area contributed by atoms with E-state index in [-0.39, 0.29) is 11.9 Å². The molecule has 1 N–H and O–H groups in total. The lowest BCUT2D eigenvalue weighted by Gasteiger charge is -2.14. The molecule has 1 aromatic rings. The minimum atomic E-state index is -0.0551. The predicted molar refractivity (Wildman–Crippen MR) is 72.3 cm³/mol. The molecule has 0 saturated heterocycles. The predicted octanol–water partition coefficient (Wildman–Crippen LogP) is 2.91. The monoisotopic (exact) mass is 299 g/mol. The molecule has 0 aliphatic heterocycles. The van der Waals surface area contributed by atoms with Gasteiger partial charge in [0, 0.05) is 24.2 Å². The highest BCUT2D eigenvalue weighted by Gasteiger charge is 2.12. The molecule has 0 heterocycles. The fraction of sp³-hybridized carbons (Fsp3) is 0.462. The third-order valence-corrected chi connectivity index (χ3v) is 3.16. The van der Waals surface area contributed by atoms with Gasteiger partial charge in [0.2, 0.25) is 0 Å². The third kappa shape index (κ3) is 4.48. The maximum atomic E-state index is 12.0. The molecule has 0 fully saturated rings. The molecule has 0 spiro atoms. The summed E-state index contributed by atoms with van der Waals surface area (Å²) in [5.74, 6) is -0.0551. The Kier molecular flexibility index (Phi) is 5.65. The van der Waals surface area contributed by atoms with E-state index in [2.05, 4.69) is 21.2 Å². The van der Waals surface area contributed by atoms with Gasteiger partial charge in [-0.1, -0.05) is 6.07 Å². The van der Waals surface area contributed by atoms with Crippen molar-refractivity contribution in [3.05, 3.63) is 33.8 Å². The summed E-state index contributed by atoms with van der Waals surface area (Å²) in [5.41, 5.74) is 1.79. The Bertz CT molecular complexity index is 393. The van der Waals surface area contributed by atoms with Crippen LogP contribution >= 0.6 is 15.9 Å². The van der Waals surface area contributed by atoms with E-state index in [0.717, 1.165) is 16.5 Å². The Balaban J connectivity index is 2.63. The lowest BCUT2D eigenvalue weighted by molar-refractivity contribution is 0.0929. The van der Waals surface area contributed by atoms with Gasteiger partial charge in [0.05, 0.1) is 5.56 Å². The van der Waals surface area contributed by atoms with Crippen molar-refractivity contribution in [1.82, 2.24) is 5.32 Å². The Morgan fingerprint density at radius 3 is 2.82 bits per heavy atom. The van der Waals surface area contributed by atoms with Gasteiger partial charge in [0.25, 0.3) is 5.91 Å². The molecular formula is C13H18BrNO2. The molecule has 17 heavy (non-hydrogen) atoms. The Hall–Kier alpha value is -0.870. The SMILES string of the molecule is COCCC(C)NC(=O)c1ccc(C)cc1Br. The molecule has 1 amide bonds. The average Bonchev–Trinajstić information content (AvgIpc) is 2.26. The molecule has 0 aliphatic carbocycles. The second-order valence-corrected chi connectivity index (χ2v) is 4.99. The van der Waals surface area contributed by atoms with E-state index in [9.17, 15) is 4.79 Å². The van der Waals surface area contributed by atoms with Crippen molar-refractivity contribution in [2.45, 2.75) is 26.3 Å². The summed E-state index contributed by atoms with van der Waals surface area (Å²) in [6.07, 6.45) is 0.811. The van der Waals surface area contributed by atoms with Crippen molar-refractivity contribution < 1.29 is 9.53 Å². The molecule has 0 bridgehead atoms. The Labute approximate surface area is 111 Å². The zero-order chi connectivity index (χ0) is 12.8. The van der Waals surface area contributed by atoms with Crippen molar-refractivity contribution in [3.8, 4) is 0 Å². The van der Waals surface area contributed by atoms with E-state index >= 15 is 0 Å². The van der Waals surface area contributed by atoms with Crippen LogP contribution in [0.4, 0.5) is 0 Å². The second kappa shape index (κ2) is 6.77. The van der Waals surface area contributed by atoms with Crippen LogP contribution in [0.25, 0.3) is 0 Å². The number of nitrogens with one attached hydrogen (secondary N) is 1. The minimum Gasteiger partial charge on any atom is -0.385 e. The van der Waals surface area contributed by atoms with E-state index < -0.39 is 0 Å². The van der Waals surface area contributed by atoms with Crippen molar-refractivity contribution in [3.63, 3.8) is 0 Å². The van der Waals surface area contributed by atoms with Crippen LogP contribution in [0.5, 0.6) is 0 Å². The number of methoxy groups -OCH3 is 1. The lowest BCUT2D eigenvalue weighted by atomic mass is 10.1. The van der Waals surface area contributed by atoms with Crippen LogP contribution in [0, 0.1) is 6.92 Å². The van der Waals surface area contributed by atoms with Gasteiger partial charge in [-0.05, 0) is 53.9 Å². The smallest absolute Gasteiger partial charge is 0.252 e. The Morgan fingerprint density at radius 2 is 2.24 bits per heavy atom. The van der Waals surface area contributed by atoms with Crippen LogP contribution in [-0.2, 0) is 4.74 Å².